The lowest BCUT2D eigenvalue weighted by molar-refractivity contribution is -0.150. The van der Waals surface area contributed by atoms with E-state index in [1.54, 1.807) is 6.07 Å². The quantitative estimate of drug-likeness (QED) is 0.732. The number of para-hydroxylation sites is 1. The van der Waals surface area contributed by atoms with E-state index in [1.165, 1.54) is 18.2 Å². The lowest BCUT2D eigenvalue weighted by atomic mass is 10.2. The second-order valence-electron chi connectivity index (χ2n) is 5.05. The summed E-state index contributed by atoms with van der Waals surface area (Å²) in [5.41, 5.74) is 0. The molecule has 1 saturated heterocycles. The van der Waals surface area contributed by atoms with Crippen molar-refractivity contribution in [2.24, 2.45) is 0 Å². The molecule has 1 amide bonds. The Kier molecular flexibility index (Phi) is 5.54. The first-order valence-electron chi connectivity index (χ1n) is 6.88. The van der Waals surface area contributed by atoms with Gasteiger partial charge < -0.3 is 14.8 Å². The van der Waals surface area contributed by atoms with E-state index in [1.807, 2.05) is 0 Å². The first kappa shape index (κ1) is 17.2. The van der Waals surface area contributed by atoms with Crippen LogP contribution in [0.4, 0.5) is 4.39 Å². The van der Waals surface area contributed by atoms with Crippen LogP contribution in [0, 0.1) is 5.82 Å². The van der Waals surface area contributed by atoms with Gasteiger partial charge in [0.05, 0.1) is 11.5 Å². The fraction of sp³-hybridized carbons (Fsp3) is 0.429. The van der Waals surface area contributed by atoms with Gasteiger partial charge in [-0.1, -0.05) is 12.1 Å². The van der Waals surface area contributed by atoms with Gasteiger partial charge in [-0.2, -0.15) is 0 Å². The maximum absolute atomic E-state index is 13.3. The lowest BCUT2D eigenvalue weighted by Gasteiger charge is -2.11. The number of benzene rings is 1. The highest BCUT2D eigenvalue weighted by atomic mass is 32.2. The number of halogens is 1. The van der Waals surface area contributed by atoms with Crippen LogP contribution < -0.4 is 10.1 Å². The van der Waals surface area contributed by atoms with E-state index < -0.39 is 46.8 Å². The van der Waals surface area contributed by atoms with Crippen LogP contribution in [0.5, 0.6) is 5.75 Å². The highest BCUT2D eigenvalue weighted by Crippen LogP contribution is 2.15. The van der Waals surface area contributed by atoms with Crippen LogP contribution in [-0.4, -0.2) is 51.1 Å². The maximum atomic E-state index is 13.3. The van der Waals surface area contributed by atoms with Gasteiger partial charge in [-0.25, -0.2) is 17.6 Å². The predicted octanol–water partition coefficient (Wildman–Crippen LogP) is 0.0510. The van der Waals surface area contributed by atoms with Gasteiger partial charge in [0.15, 0.2) is 34.6 Å². The predicted molar refractivity (Wildman–Crippen MR) is 78.1 cm³/mol. The van der Waals surface area contributed by atoms with Crippen molar-refractivity contribution in [1.82, 2.24) is 5.32 Å². The van der Waals surface area contributed by atoms with Crippen LogP contribution in [0.1, 0.15) is 6.42 Å². The molecule has 0 spiro atoms. The molecular formula is C14H16FNO6S. The number of ether oxygens (including phenoxy) is 2. The number of carbonyl (C=O) groups is 2. The monoisotopic (exact) mass is 345 g/mol. The summed E-state index contributed by atoms with van der Waals surface area (Å²) >= 11 is 0. The molecule has 1 aromatic rings. The molecule has 2 rings (SSSR count). The Morgan fingerprint density at radius 2 is 2.00 bits per heavy atom. The van der Waals surface area contributed by atoms with Crippen molar-refractivity contribution in [3.05, 3.63) is 30.1 Å². The molecule has 0 aromatic heterocycles. The highest BCUT2D eigenvalue weighted by Gasteiger charge is 2.29. The number of nitrogens with one attached hydrogen (secondary N) is 1. The molecule has 23 heavy (non-hydrogen) atoms. The fourth-order valence-electron chi connectivity index (χ4n) is 2.06. The molecule has 9 heteroatoms. The molecule has 0 aliphatic carbocycles. The minimum Gasteiger partial charge on any atom is -0.479 e. The van der Waals surface area contributed by atoms with Crippen LogP contribution in [-0.2, 0) is 24.2 Å². The maximum Gasteiger partial charge on any atom is 0.344 e. The zero-order valence-corrected chi connectivity index (χ0v) is 13.0. The molecule has 1 aromatic carbocycles. The van der Waals surface area contributed by atoms with E-state index in [9.17, 15) is 22.4 Å². The average Bonchev–Trinajstić information content (AvgIpc) is 2.83. The molecule has 1 fully saturated rings. The number of carbonyl (C=O) groups excluding carboxylic acids is 2. The smallest absolute Gasteiger partial charge is 0.344 e. The van der Waals surface area contributed by atoms with Crippen molar-refractivity contribution in [1.29, 1.82) is 0 Å². The zero-order valence-electron chi connectivity index (χ0n) is 12.2. The molecule has 1 aliphatic heterocycles. The summed E-state index contributed by atoms with van der Waals surface area (Å²) in [6, 6.07) is 5.11. The molecule has 1 aliphatic rings. The number of sulfone groups is 1. The molecule has 1 heterocycles. The van der Waals surface area contributed by atoms with Crippen LogP contribution in [0.25, 0.3) is 0 Å². The van der Waals surface area contributed by atoms with Crippen LogP contribution in [0.2, 0.25) is 0 Å². The van der Waals surface area contributed by atoms with E-state index in [0.717, 1.165) is 0 Å². The topological polar surface area (TPSA) is 98.8 Å². The summed E-state index contributed by atoms with van der Waals surface area (Å²) in [5, 5.41) is 2.48. The van der Waals surface area contributed by atoms with Crippen molar-refractivity contribution >= 4 is 21.7 Å². The number of hydrogen-bond donors (Lipinski definition) is 1. The largest absolute Gasteiger partial charge is 0.479 e. The third-order valence-corrected chi connectivity index (χ3v) is 4.91. The first-order valence-corrected chi connectivity index (χ1v) is 8.70. The van der Waals surface area contributed by atoms with Crippen molar-refractivity contribution in [2.75, 3.05) is 24.7 Å². The minimum atomic E-state index is -3.09. The first-order chi connectivity index (χ1) is 10.9. The molecule has 1 atom stereocenters. The minimum absolute atomic E-state index is 0.0359. The SMILES string of the molecule is O=C(COC(=O)COc1ccccc1F)N[C@H]1CCS(=O)(=O)C1. The highest BCUT2D eigenvalue weighted by molar-refractivity contribution is 7.91. The number of rotatable bonds is 6. The Balaban J connectivity index is 1.68. The third-order valence-electron chi connectivity index (χ3n) is 3.14. The Labute approximate surface area is 132 Å². The molecular weight excluding hydrogens is 329 g/mol. The lowest BCUT2D eigenvalue weighted by Crippen LogP contribution is -2.38. The van der Waals surface area contributed by atoms with Gasteiger partial charge in [0, 0.05) is 6.04 Å². The number of hydrogen-bond acceptors (Lipinski definition) is 6. The Hall–Kier alpha value is -2.16. The summed E-state index contributed by atoms with van der Waals surface area (Å²) in [5.74, 6) is -2.20. The second kappa shape index (κ2) is 7.40. The van der Waals surface area contributed by atoms with Crippen molar-refractivity contribution < 1.29 is 31.9 Å². The summed E-state index contributed by atoms with van der Waals surface area (Å²) in [6.07, 6.45) is 0.346. The zero-order chi connectivity index (χ0) is 16.9. The van der Waals surface area contributed by atoms with Gasteiger partial charge >= 0.3 is 5.97 Å². The third kappa shape index (κ3) is 5.51. The Morgan fingerprint density at radius 3 is 2.65 bits per heavy atom. The van der Waals surface area contributed by atoms with Crippen molar-refractivity contribution in [3.63, 3.8) is 0 Å². The van der Waals surface area contributed by atoms with Crippen molar-refractivity contribution in [3.8, 4) is 5.75 Å². The summed E-state index contributed by atoms with van der Waals surface area (Å²) in [6.45, 7) is -1.08. The summed E-state index contributed by atoms with van der Waals surface area (Å²) in [4.78, 5) is 23.0. The van der Waals surface area contributed by atoms with E-state index in [4.69, 9.17) is 4.74 Å². The summed E-state index contributed by atoms with van der Waals surface area (Å²) in [7, 11) is -3.09. The summed E-state index contributed by atoms with van der Waals surface area (Å²) < 4.78 is 45.4. The second-order valence-corrected chi connectivity index (χ2v) is 7.28. The number of amides is 1. The Bertz CT molecular complexity index is 690. The normalized spacial score (nSPS) is 19.1. The van der Waals surface area contributed by atoms with Crippen LogP contribution in [0.15, 0.2) is 24.3 Å². The van der Waals surface area contributed by atoms with Gasteiger partial charge in [-0.15, -0.1) is 0 Å². The van der Waals surface area contributed by atoms with E-state index in [0.29, 0.717) is 6.42 Å². The molecule has 126 valence electrons. The molecule has 0 unspecified atom stereocenters. The molecule has 7 nitrogen and oxygen atoms in total. The van der Waals surface area contributed by atoms with Crippen LogP contribution >= 0.6 is 0 Å². The van der Waals surface area contributed by atoms with Gasteiger partial charge in [-0.05, 0) is 18.6 Å². The van der Waals surface area contributed by atoms with E-state index in [-0.39, 0.29) is 17.3 Å². The van der Waals surface area contributed by atoms with E-state index in [2.05, 4.69) is 10.1 Å². The van der Waals surface area contributed by atoms with Gasteiger partial charge in [0.25, 0.3) is 5.91 Å². The van der Waals surface area contributed by atoms with Gasteiger partial charge in [-0.3, -0.25) is 4.79 Å². The van der Waals surface area contributed by atoms with Gasteiger partial charge in [0.1, 0.15) is 0 Å². The Morgan fingerprint density at radius 1 is 1.26 bits per heavy atom. The van der Waals surface area contributed by atoms with Crippen LogP contribution in [0.3, 0.4) is 0 Å². The number of esters is 1. The molecule has 0 radical (unpaired) electrons. The standard InChI is InChI=1S/C14H16FNO6S/c15-11-3-1-2-4-12(11)21-8-14(18)22-7-13(17)16-10-5-6-23(19,20)9-10/h1-4,10H,5-9H2,(H,16,17)/t10-/m0/s1. The van der Waals surface area contributed by atoms with Crippen molar-refractivity contribution in [2.45, 2.75) is 12.5 Å². The molecule has 0 bridgehead atoms. The molecule has 1 N–H and O–H groups in total. The van der Waals surface area contributed by atoms with Gasteiger partial charge in [0.2, 0.25) is 0 Å². The molecule has 0 saturated carbocycles. The van der Waals surface area contributed by atoms with E-state index >= 15 is 0 Å². The average molecular weight is 345 g/mol. The fourth-order valence-corrected chi connectivity index (χ4v) is 3.74.